The van der Waals surface area contributed by atoms with Gasteiger partial charge >= 0.3 is 0 Å². The van der Waals surface area contributed by atoms with Gasteiger partial charge in [0.15, 0.2) is 0 Å². The van der Waals surface area contributed by atoms with E-state index in [1.807, 2.05) is 23.1 Å². The monoisotopic (exact) mass is 381 g/mol. The maximum Gasteiger partial charge on any atom is 0.254 e. The molecule has 1 N–H and O–H groups in total. The Bertz CT molecular complexity index is 893. The predicted octanol–water partition coefficient (Wildman–Crippen LogP) is 4.04. The Labute approximate surface area is 167 Å². The summed E-state index contributed by atoms with van der Waals surface area (Å²) in [7, 11) is 0. The third-order valence-electron chi connectivity index (χ3n) is 6.88. The number of aromatic nitrogens is 1. The second-order valence-electron chi connectivity index (χ2n) is 8.51. The van der Waals surface area contributed by atoms with E-state index >= 15 is 0 Å². The third-order valence-corrected chi connectivity index (χ3v) is 6.88. The van der Waals surface area contributed by atoms with Crippen molar-refractivity contribution >= 4 is 22.7 Å². The van der Waals surface area contributed by atoms with E-state index in [1.54, 1.807) is 6.92 Å². The van der Waals surface area contributed by atoms with Gasteiger partial charge in [-0.25, -0.2) is 0 Å². The van der Waals surface area contributed by atoms with Crippen molar-refractivity contribution in [3.05, 3.63) is 35.0 Å². The topological polar surface area (TPSA) is 56.4 Å². The number of carbonyl (C=O) groups is 2. The SMILES string of the molecule is CC(=O)N1CCCCC1C1CCN(C(=O)c2cccc3[nH]c(C)c(C)c23)CC1. The van der Waals surface area contributed by atoms with E-state index in [4.69, 9.17) is 0 Å². The molecule has 0 radical (unpaired) electrons. The van der Waals surface area contributed by atoms with Gasteiger partial charge in [-0.3, -0.25) is 9.59 Å². The van der Waals surface area contributed by atoms with Crippen LogP contribution in [0, 0.1) is 19.8 Å². The van der Waals surface area contributed by atoms with Crippen LogP contribution in [0.4, 0.5) is 0 Å². The number of H-pyrrole nitrogens is 1. The minimum Gasteiger partial charge on any atom is -0.358 e. The zero-order valence-electron chi connectivity index (χ0n) is 17.3. The van der Waals surface area contributed by atoms with Crippen molar-refractivity contribution in [2.75, 3.05) is 19.6 Å². The summed E-state index contributed by atoms with van der Waals surface area (Å²) >= 11 is 0. The first-order valence-electron chi connectivity index (χ1n) is 10.6. The molecular weight excluding hydrogens is 350 g/mol. The summed E-state index contributed by atoms with van der Waals surface area (Å²) in [5.41, 5.74) is 4.12. The molecule has 0 aliphatic carbocycles. The Hall–Kier alpha value is -2.30. The van der Waals surface area contributed by atoms with E-state index < -0.39 is 0 Å². The highest BCUT2D eigenvalue weighted by Gasteiger charge is 2.34. The van der Waals surface area contributed by atoms with Crippen molar-refractivity contribution in [3.8, 4) is 0 Å². The van der Waals surface area contributed by atoms with Gasteiger partial charge in [-0.1, -0.05) is 6.07 Å². The average Bonchev–Trinajstić information content (AvgIpc) is 3.01. The van der Waals surface area contributed by atoms with Crippen molar-refractivity contribution in [3.63, 3.8) is 0 Å². The fraction of sp³-hybridized carbons (Fsp3) is 0.565. The molecule has 1 aromatic heterocycles. The van der Waals surface area contributed by atoms with E-state index in [2.05, 4.69) is 23.7 Å². The molecule has 2 aliphatic heterocycles. The number of hydrogen-bond donors (Lipinski definition) is 1. The number of amides is 2. The van der Waals surface area contributed by atoms with E-state index in [0.717, 1.165) is 73.0 Å². The van der Waals surface area contributed by atoms with Crippen LogP contribution in [0.3, 0.4) is 0 Å². The van der Waals surface area contributed by atoms with E-state index in [0.29, 0.717) is 12.0 Å². The number of piperidine rings is 2. The highest BCUT2D eigenvalue weighted by atomic mass is 16.2. The molecule has 5 nitrogen and oxygen atoms in total. The van der Waals surface area contributed by atoms with Crippen molar-refractivity contribution in [1.82, 2.24) is 14.8 Å². The molecule has 2 aromatic rings. The molecule has 0 bridgehead atoms. The zero-order valence-corrected chi connectivity index (χ0v) is 17.3. The number of nitrogens with zero attached hydrogens (tertiary/aromatic N) is 2. The van der Waals surface area contributed by atoms with Gasteiger partial charge < -0.3 is 14.8 Å². The first kappa shape index (κ1) is 19.0. The van der Waals surface area contributed by atoms with Gasteiger partial charge in [-0.2, -0.15) is 0 Å². The number of nitrogens with one attached hydrogen (secondary N) is 1. The summed E-state index contributed by atoms with van der Waals surface area (Å²) in [5.74, 6) is 0.853. The molecule has 2 aliphatic rings. The summed E-state index contributed by atoms with van der Waals surface area (Å²) in [6.07, 6.45) is 5.41. The maximum absolute atomic E-state index is 13.3. The number of likely N-dealkylation sites (tertiary alicyclic amines) is 2. The Balaban J connectivity index is 1.48. The smallest absolute Gasteiger partial charge is 0.254 e. The van der Waals surface area contributed by atoms with Crippen molar-refractivity contribution in [2.45, 2.75) is 58.9 Å². The molecule has 1 atom stereocenters. The minimum atomic E-state index is 0.137. The van der Waals surface area contributed by atoms with Crippen molar-refractivity contribution in [2.24, 2.45) is 5.92 Å². The summed E-state index contributed by atoms with van der Waals surface area (Å²) in [6.45, 7) is 8.29. The highest BCUT2D eigenvalue weighted by Crippen LogP contribution is 2.32. The molecule has 2 saturated heterocycles. The lowest BCUT2D eigenvalue weighted by molar-refractivity contribution is -0.134. The molecule has 28 heavy (non-hydrogen) atoms. The number of carbonyl (C=O) groups excluding carboxylic acids is 2. The van der Waals surface area contributed by atoms with Crippen LogP contribution in [0.25, 0.3) is 10.9 Å². The Morgan fingerprint density at radius 1 is 1.04 bits per heavy atom. The van der Waals surface area contributed by atoms with Gasteiger partial charge in [0, 0.05) is 54.8 Å². The summed E-state index contributed by atoms with van der Waals surface area (Å²) in [4.78, 5) is 32.8. The Morgan fingerprint density at radius 3 is 2.50 bits per heavy atom. The maximum atomic E-state index is 13.3. The highest BCUT2D eigenvalue weighted by molar-refractivity contribution is 6.08. The summed E-state index contributed by atoms with van der Waals surface area (Å²) in [5, 5.41) is 1.06. The zero-order chi connectivity index (χ0) is 19.8. The molecule has 1 unspecified atom stereocenters. The van der Waals surface area contributed by atoms with E-state index in [-0.39, 0.29) is 11.8 Å². The number of aryl methyl sites for hydroxylation is 2. The molecule has 150 valence electrons. The van der Waals surface area contributed by atoms with Crippen LogP contribution < -0.4 is 0 Å². The average molecular weight is 382 g/mol. The number of fused-ring (bicyclic) bond motifs is 1. The lowest BCUT2D eigenvalue weighted by Gasteiger charge is -2.43. The van der Waals surface area contributed by atoms with Gasteiger partial charge in [0.2, 0.25) is 5.91 Å². The molecule has 0 saturated carbocycles. The number of benzene rings is 1. The van der Waals surface area contributed by atoms with Gasteiger partial charge in [-0.05, 0) is 69.6 Å². The van der Waals surface area contributed by atoms with Gasteiger partial charge in [-0.15, -0.1) is 0 Å². The van der Waals surface area contributed by atoms with Gasteiger partial charge in [0.1, 0.15) is 0 Å². The molecule has 1 aromatic carbocycles. The lowest BCUT2D eigenvalue weighted by Crippen LogP contribution is -2.50. The van der Waals surface area contributed by atoms with Crippen LogP contribution in [0.5, 0.6) is 0 Å². The number of rotatable bonds is 2. The van der Waals surface area contributed by atoms with Crippen LogP contribution in [0.15, 0.2) is 18.2 Å². The Morgan fingerprint density at radius 2 is 1.79 bits per heavy atom. The fourth-order valence-corrected chi connectivity index (χ4v) is 5.22. The number of aromatic amines is 1. The molecule has 2 amide bonds. The number of hydrogen-bond acceptors (Lipinski definition) is 2. The molecule has 3 heterocycles. The molecule has 2 fully saturated rings. The van der Waals surface area contributed by atoms with Crippen LogP contribution in [-0.2, 0) is 4.79 Å². The van der Waals surface area contributed by atoms with Gasteiger partial charge in [0.25, 0.3) is 5.91 Å². The fourth-order valence-electron chi connectivity index (χ4n) is 5.22. The van der Waals surface area contributed by atoms with Gasteiger partial charge in [0.05, 0.1) is 0 Å². The van der Waals surface area contributed by atoms with Crippen molar-refractivity contribution in [1.29, 1.82) is 0 Å². The predicted molar refractivity (Wildman–Crippen MR) is 111 cm³/mol. The van der Waals surface area contributed by atoms with Crippen LogP contribution in [0.2, 0.25) is 0 Å². The first-order valence-corrected chi connectivity index (χ1v) is 10.6. The summed E-state index contributed by atoms with van der Waals surface area (Å²) < 4.78 is 0. The van der Waals surface area contributed by atoms with Crippen LogP contribution >= 0.6 is 0 Å². The van der Waals surface area contributed by atoms with Crippen molar-refractivity contribution < 1.29 is 9.59 Å². The van der Waals surface area contributed by atoms with Crippen LogP contribution in [0.1, 0.15) is 60.6 Å². The standard InChI is InChI=1S/C23H31N3O2/c1-15-16(2)24-20-8-6-7-19(22(15)20)23(28)25-13-10-18(11-14-25)21-9-4-5-12-26(21)17(3)27/h6-8,18,21,24H,4-5,9-14H2,1-3H3. The minimum absolute atomic E-state index is 0.137. The van der Waals surface area contributed by atoms with Crippen LogP contribution in [-0.4, -0.2) is 52.3 Å². The lowest BCUT2D eigenvalue weighted by atomic mass is 9.83. The molecule has 5 heteroatoms. The third kappa shape index (κ3) is 3.31. The molecule has 4 rings (SSSR count). The van der Waals surface area contributed by atoms with E-state index in [1.165, 1.54) is 6.42 Å². The molecule has 0 spiro atoms. The van der Waals surface area contributed by atoms with E-state index in [9.17, 15) is 9.59 Å². The second kappa shape index (κ2) is 7.61. The normalized spacial score (nSPS) is 21.3. The molecular formula is C23H31N3O2. The summed E-state index contributed by atoms with van der Waals surface area (Å²) in [6, 6.07) is 6.32. The second-order valence-corrected chi connectivity index (χ2v) is 8.51. The largest absolute Gasteiger partial charge is 0.358 e. The quantitative estimate of drug-likeness (QED) is 0.854. The Kier molecular flexibility index (Phi) is 5.17. The first-order chi connectivity index (χ1) is 13.5.